The maximum atomic E-state index is 13.0. The van der Waals surface area contributed by atoms with Gasteiger partial charge >= 0.3 is 0 Å². The first-order valence-electron chi connectivity index (χ1n) is 15.5. The number of ketones is 2. The fourth-order valence-electron chi connectivity index (χ4n) is 6.91. The predicted molar refractivity (Wildman–Crippen MR) is 198 cm³/mol. The Hall–Kier alpha value is -6.12. The summed E-state index contributed by atoms with van der Waals surface area (Å²) in [5.74, 6) is -0.146. The summed E-state index contributed by atoms with van der Waals surface area (Å²) in [4.78, 5) is 26.0. The number of carbonyl (C=O) groups is 2. The molecule has 10 rings (SSSR count). The zero-order chi connectivity index (χ0) is 30.8. The number of benzene rings is 9. The van der Waals surface area contributed by atoms with Crippen molar-refractivity contribution in [1.29, 1.82) is 0 Å². The summed E-state index contributed by atoms with van der Waals surface area (Å²) in [6.07, 6.45) is 0. The van der Waals surface area contributed by atoms with Gasteiger partial charge in [0.25, 0.3) is 0 Å². The second-order valence-electron chi connectivity index (χ2n) is 12.1. The van der Waals surface area contributed by atoms with E-state index in [9.17, 15) is 9.59 Å². The lowest BCUT2D eigenvalue weighted by Gasteiger charge is -2.19. The van der Waals surface area contributed by atoms with Crippen LogP contribution in [-0.2, 0) is 0 Å². The molecule has 1 aliphatic carbocycles. The van der Waals surface area contributed by atoms with Gasteiger partial charge in [0.2, 0.25) is 0 Å². The van der Waals surface area contributed by atoms with Crippen LogP contribution in [0.25, 0.3) is 64.6 Å². The lowest BCUT2D eigenvalue weighted by Crippen LogP contribution is -2.20. The van der Waals surface area contributed by atoms with E-state index in [0.29, 0.717) is 22.3 Å². The number of fused-ring (bicyclic) bond motifs is 8. The van der Waals surface area contributed by atoms with Crippen LogP contribution in [0, 0.1) is 0 Å². The summed E-state index contributed by atoms with van der Waals surface area (Å²) in [5, 5.41) is 14.3. The van der Waals surface area contributed by atoms with Gasteiger partial charge in [0.1, 0.15) is 0 Å². The van der Waals surface area contributed by atoms with Crippen LogP contribution in [-0.4, -0.2) is 11.6 Å². The molecule has 9 aromatic carbocycles. The molecule has 0 radical (unpaired) electrons. The molecule has 0 heterocycles. The van der Waals surface area contributed by atoms with Gasteiger partial charge in [0.15, 0.2) is 11.6 Å². The maximum absolute atomic E-state index is 13.0. The van der Waals surface area contributed by atoms with Crippen molar-refractivity contribution in [2.24, 2.45) is 0 Å². The van der Waals surface area contributed by atoms with Crippen LogP contribution in [0.2, 0.25) is 0 Å². The lowest BCUT2D eigenvalue weighted by molar-refractivity contribution is 0.0979. The van der Waals surface area contributed by atoms with Crippen molar-refractivity contribution in [3.63, 3.8) is 0 Å². The van der Waals surface area contributed by atoms with Crippen LogP contribution in [0.15, 0.2) is 158 Å². The van der Waals surface area contributed by atoms with E-state index in [1.807, 2.05) is 72.8 Å². The topological polar surface area (TPSA) is 34.1 Å². The number of hydrogen-bond donors (Lipinski definition) is 0. The summed E-state index contributed by atoms with van der Waals surface area (Å²) in [7, 11) is 0. The van der Waals surface area contributed by atoms with Crippen LogP contribution in [0.5, 0.6) is 0 Å². The molecule has 0 fully saturated rings. The van der Waals surface area contributed by atoms with E-state index in [2.05, 4.69) is 84.9 Å². The van der Waals surface area contributed by atoms with Crippen molar-refractivity contribution >= 4 is 76.2 Å². The van der Waals surface area contributed by atoms with Crippen LogP contribution in [0.4, 0.5) is 0 Å². The van der Waals surface area contributed by atoms with E-state index in [1.165, 1.54) is 43.1 Å². The minimum atomic E-state index is -0.0730. The highest BCUT2D eigenvalue weighted by molar-refractivity contribution is 6.30. The summed E-state index contributed by atoms with van der Waals surface area (Å²) in [6.45, 7) is 0. The third-order valence-electron chi connectivity index (χ3n) is 9.27. The molecule has 0 saturated carbocycles. The summed E-state index contributed by atoms with van der Waals surface area (Å²) >= 11 is 0. The van der Waals surface area contributed by atoms with Gasteiger partial charge in [-0.05, 0) is 125 Å². The van der Waals surface area contributed by atoms with Gasteiger partial charge in [0.05, 0.1) is 0 Å². The molecule has 2 heteroatoms. The van der Waals surface area contributed by atoms with Crippen molar-refractivity contribution in [3.05, 3.63) is 180 Å². The summed E-state index contributed by atoms with van der Waals surface area (Å²) < 4.78 is 0. The lowest BCUT2D eigenvalue weighted by atomic mass is 9.81. The Bertz CT molecular complexity index is 2370. The highest BCUT2D eigenvalue weighted by atomic mass is 16.1. The fourth-order valence-corrected chi connectivity index (χ4v) is 6.91. The Morgan fingerprint density at radius 3 is 0.617 bits per heavy atom. The second-order valence-corrected chi connectivity index (χ2v) is 12.1. The van der Waals surface area contributed by atoms with E-state index >= 15 is 0 Å². The van der Waals surface area contributed by atoms with Crippen LogP contribution in [0.3, 0.4) is 0 Å². The molecule has 222 valence electrons. The largest absolute Gasteiger partial charge is 0.289 e. The van der Waals surface area contributed by atoms with Gasteiger partial charge in [-0.15, -0.1) is 0 Å². The first-order chi connectivity index (χ1) is 22.6. The second kappa shape index (κ2) is 11.0. The molecule has 0 amide bonds. The standard InChI is InChI=1S/C22H12O2.C22H14.CH4/c23-21-17-9-13-5-1-2-6-14(13)10-18(17)22(24)20-12-16-8-4-3-7-15(16)11-19(20)21;1-2-6-16-10-20-14-22-12-18-8-4-3-7-17(18)11-21(22)13-19(20)9-15(16)5-1;/h1-12H;1-14H;1H4. The minimum Gasteiger partial charge on any atom is -0.289 e. The van der Waals surface area contributed by atoms with E-state index in [4.69, 9.17) is 0 Å². The molecule has 0 aromatic heterocycles. The normalized spacial score (nSPS) is 12.2. The quantitative estimate of drug-likeness (QED) is 0.162. The molecule has 0 aliphatic heterocycles. The van der Waals surface area contributed by atoms with Crippen molar-refractivity contribution in [2.45, 2.75) is 7.43 Å². The van der Waals surface area contributed by atoms with Gasteiger partial charge < -0.3 is 0 Å². The third kappa shape index (κ3) is 4.74. The summed E-state index contributed by atoms with van der Waals surface area (Å²) in [5.41, 5.74) is 2.01. The zero-order valence-electron chi connectivity index (χ0n) is 24.8. The zero-order valence-corrected chi connectivity index (χ0v) is 24.8. The summed E-state index contributed by atoms with van der Waals surface area (Å²) in [6, 6.07) is 53.8. The van der Waals surface area contributed by atoms with Crippen LogP contribution < -0.4 is 0 Å². The molecule has 9 aromatic rings. The molecule has 0 unspecified atom stereocenters. The Morgan fingerprint density at radius 1 is 0.234 bits per heavy atom. The SMILES string of the molecule is C.O=C1c2cc3ccccc3cc2C(=O)c2cc3ccccc3cc21.c1ccc2cc3cc4cc5ccccc5cc4cc3cc2c1. The molecular weight excluding hydrogens is 572 g/mol. The van der Waals surface area contributed by atoms with Crippen molar-refractivity contribution in [1.82, 2.24) is 0 Å². The Morgan fingerprint density at radius 2 is 0.404 bits per heavy atom. The molecule has 2 nitrogen and oxygen atoms in total. The average molecular weight is 603 g/mol. The molecule has 0 spiro atoms. The first-order valence-corrected chi connectivity index (χ1v) is 15.5. The van der Waals surface area contributed by atoms with Gasteiger partial charge in [-0.1, -0.05) is 104 Å². The minimum absolute atomic E-state index is 0. The molecule has 0 saturated heterocycles. The smallest absolute Gasteiger partial charge is 0.194 e. The Kier molecular flexibility index (Phi) is 6.66. The van der Waals surface area contributed by atoms with Gasteiger partial charge in [-0.2, -0.15) is 0 Å². The number of hydrogen-bond acceptors (Lipinski definition) is 2. The van der Waals surface area contributed by atoms with Crippen molar-refractivity contribution < 1.29 is 9.59 Å². The van der Waals surface area contributed by atoms with Crippen molar-refractivity contribution in [2.75, 3.05) is 0 Å². The number of rotatable bonds is 0. The molecular formula is C45H30O2. The van der Waals surface area contributed by atoms with Crippen molar-refractivity contribution in [3.8, 4) is 0 Å². The third-order valence-corrected chi connectivity index (χ3v) is 9.27. The van der Waals surface area contributed by atoms with E-state index in [-0.39, 0.29) is 19.0 Å². The van der Waals surface area contributed by atoms with Gasteiger partial charge in [0, 0.05) is 22.3 Å². The predicted octanol–water partition coefficient (Wildman–Crippen LogP) is 11.7. The van der Waals surface area contributed by atoms with E-state index in [0.717, 1.165) is 21.5 Å². The highest BCUT2D eigenvalue weighted by Crippen LogP contribution is 2.33. The first kappa shape index (κ1) is 28.4. The molecule has 47 heavy (non-hydrogen) atoms. The highest BCUT2D eigenvalue weighted by Gasteiger charge is 2.30. The van der Waals surface area contributed by atoms with Gasteiger partial charge in [-0.25, -0.2) is 0 Å². The number of carbonyl (C=O) groups excluding carboxylic acids is 2. The van der Waals surface area contributed by atoms with Crippen LogP contribution >= 0.6 is 0 Å². The Labute approximate surface area is 272 Å². The van der Waals surface area contributed by atoms with E-state index < -0.39 is 0 Å². The van der Waals surface area contributed by atoms with Crippen LogP contribution in [0.1, 0.15) is 39.3 Å². The van der Waals surface area contributed by atoms with Gasteiger partial charge in [-0.3, -0.25) is 9.59 Å². The monoisotopic (exact) mass is 602 g/mol. The Balaban J connectivity index is 0.000000135. The average Bonchev–Trinajstić information content (AvgIpc) is 3.10. The molecule has 0 N–H and O–H groups in total. The molecule has 1 aliphatic rings. The maximum Gasteiger partial charge on any atom is 0.194 e. The van der Waals surface area contributed by atoms with E-state index in [1.54, 1.807) is 0 Å². The fraction of sp³-hybridized carbons (Fsp3) is 0.0222. The molecule has 0 atom stereocenters. The molecule has 0 bridgehead atoms.